The lowest BCUT2D eigenvalue weighted by Crippen LogP contribution is -2.61. The molecule has 0 N–H and O–H groups in total. The van der Waals surface area contributed by atoms with Crippen molar-refractivity contribution in [1.82, 2.24) is 14.8 Å². The molecular formula is C24H27ClFN3O2. The van der Waals surface area contributed by atoms with E-state index in [4.69, 9.17) is 16.3 Å². The fourth-order valence-corrected chi connectivity index (χ4v) is 5.15. The third-order valence-corrected chi connectivity index (χ3v) is 7.19. The smallest absolute Gasteiger partial charge is 0.255 e. The van der Waals surface area contributed by atoms with Crippen LogP contribution in [0.2, 0.25) is 5.02 Å². The number of halogens is 2. The fourth-order valence-electron chi connectivity index (χ4n) is 4.93. The Bertz CT molecular complexity index is 973. The van der Waals surface area contributed by atoms with E-state index in [-0.39, 0.29) is 22.9 Å². The van der Waals surface area contributed by atoms with E-state index in [1.807, 2.05) is 17.0 Å². The minimum absolute atomic E-state index is 0.00685. The van der Waals surface area contributed by atoms with Gasteiger partial charge in [0, 0.05) is 32.3 Å². The molecule has 0 atom stereocenters. The summed E-state index contributed by atoms with van der Waals surface area (Å²) in [6, 6.07) is 10.3. The molecule has 2 saturated heterocycles. The monoisotopic (exact) mass is 443 g/mol. The Balaban J connectivity index is 1.24. The van der Waals surface area contributed by atoms with Crippen molar-refractivity contribution in [3.05, 3.63) is 64.7 Å². The molecule has 5 rings (SSSR count). The molecule has 7 heteroatoms. The number of aromatic nitrogens is 1. The van der Waals surface area contributed by atoms with Gasteiger partial charge < -0.3 is 14.5 Å². The molecule has 31 heavy (non-hydrogen) atoms. The topological polar surface area (TPSA) is 45.7 Å². The molecule has 1 saturated carbocycles. The molecule has 0 unspecified atom stereocenters. The van der Waals surface area contributed by atoms with Crippen LogP contribution in [0.1, 0.15) is 41.7 Å². The van der Waals surface area contributed by atoms with Gasteiger partial charge in [0.15, 0.2) is 0 Å². The Labute approximate surface area is 187 Å². The first-order valence-electron chi connectivity index (χ1n) is 11.0. The number of ether oxygens (including phenoxy) is 1. The number of nitrogens with zero attached hydrogens (tertiary/aromatic N) is 3. The molecule has 5 nitrogen and oxygen atoms in total. The maximum absolute atomic E-state index is 13.9. The van der Waals surface area contributed by atoms with Gasteiger partial charge in [0.25, 0.3) is 5.91 Å². The van der Waals surface area contributed by atoms with Crippen molar-refractivity contribution >= 4 is 17.5 Å². The Morgan fingerprint density at radius 1 is 1.06 bits per heavy atom. The largest absolute Gasteiger partial charge is 0.365 e. The zero-order chi connectivity index (χ0) is 21.5. The quantitative estimate of drug-likeness (QED) is 0.717. The van der Waals surface area contributed by atoms with E-state index in [1.165, 1.54) is 6.07 Å². The lowest BCUT2D eigenvalue weighted by molar-refractivity contribution is -0.179. The zero-order valence-corrected chi connectivity index (χ0v) is 18.3. The summed E-state index contributed by atoms with van der Waals surface area (Å²) in [4.78, 5) is 21.7. The molecule has 1 aliphatic carbocycles. The molecule has 3 heterocycles. The number of amides is 1. The molecule has 3 aliphatic rings. The molecular weight excluding hydrogens is 417 g/mol. The van der Waals surface area contributed by atoms with Gasteiger partial charge in [-0.25, -0.2) is 4.39 Å². The number of morpholine rings is 1. The highest BCUT2D eigenvalue weighted by atomic mass is 35.5. The van der Waals surface area contributed by atoms with E-state index in [2.05, 4.69) is 9.88 Å². The van der Waals surface area contributed by atoms with Crippen LogP contribution in [0.4, 0.5) is 4.39 Å². The Morgan fingerprint density at radius 2 is 1.77 bits per heavy atom. The molecule has 1 amide bonds. The number of hydrogen-bond acceptors (Lipinski definition) is 4. The van der Waals surface area contributed by atoms with Gasteiger partial charge >= 0.3 is 0 Å². The van der Waals surface area contributed by atoms with Crippen LogP contribution in [0.15, 0.2) is 42.6 Å². The Morgan fingerprint density at radius 3 is 2.45 bits per heavy atom. The van der Waals surface area contributed by atoms with Gasteiger partial charge in [-0.3, -0.25) is 9.78 Å². The molecule has 1 aromatic carbocycles. The van der Waals surface area contributed by atoms with Gasteiger partial charge in [0.05, 0.1) is 40.6 Å². The second-order valence-electron chi connectivity index (χ2n) is 9.13. The van der Waals surface area contributed by atoms with E-state index < -0.39 is 0 Å². The van der Waals surface area contributed by atoms with Crippen LogP contribution in [0.25, 0.3) is 0 Å². The van der Waals surface area contributed by atoms with Gasteiger partial charge in [-0.15, -0.1) is 0 Å². The highest BCUT2D eigenvalue weighted by molar-refractivity contribution is 6.33. The average Bonchev–Trinajstić information content (AvgIpc) is 3.51. The van der Waals surface area contributed by atoms with Crippen LogP contribution in [0, 0.1) is 5.82 Å². The third-order valence-electron chi connectivity index (χ3n) is 6.86. The number of pyridine rings is 1. The third kappa shape index (κ3) is 4.34. The number of carbonyl (C=O) groups excluding carboxylic acids is 1. The van der Waals surface area contributed by atoms with Crippen molar-refractivity contribution < 1.29 is 13.9 Å². The lowest BCUT2D eigenvalue weighted by atomic mass is 9.87. The van der Waals surface area contributed by atoms with Gasteiger partial charge in [-0.1, -0.05) is 23.7 Å². The van der Waals surface area contributed by atoms with Crippen LogP contribution >= 0.6 is 11.6 Å². The average molecular weight is 444 g/mol. The van der Waals surface area contributed by atoms with Crippen LogP contribution in [-0.2, 0) is 11.2 Å². The van der Waals surface area contributed by atoms with Crippen molar-refractivity contribution in [3.63, 3.8) is 0 Å². The SMILES string of the molecule is O=C(c1ccccc1Cl)N1CC2(CCN(CCc3ncccc3F)CC2)OC2(CC2)C1. The number of piperidine rings is 1. The van der Waals surface area contributed by atoms with E-state index in [0.717, 1.165) is 45.3 Å². The Kier molecular flexibility index (Phi) is 5.49. The Hall–Kier alpha value is -2.02. The molecule has 1 aromatic heterocycles. The van der Waals surface area contributed by atoms with Crippen molar-refractivity contribution in [1.29, 1.82) is 0 Å². The molecule has 3 fully saturated rings. The number of hydrogen-bond donors (Lipinski definition) is 0. The summed E-state index contributed by atoms with van der Waals surface area (Å²) in [6.45, 7) is 3.76. The number of rotatable bonds is 4. The van der Waals surface area contributed by atoms with Crippen molar-refractivity contribution in [3.8, 4) is 0 Å². The van der Waals surface area contributed by atoms with Crippen LogP contribution in [0.3, 0.4) is 0 Å². The summed E-state index contributed by atoms with van der Waals surface area (Å²) in [5.41, 5.74) is 0.587. The summed E-state index contributed by atoms with van der Waals surface area (Å²) in [5.74, 6) is -0.247. The summed E-state index contributed by atoms with van der Waals surface area (Å²) in [6.07, 6.45) is 5.98. The standard InChI is InChI=1S/C24H27ClFN3O2/c25-19-5-2-1-4-18(19)22(30)29-16-23(8-9-23)31-24(17-29)10-14-28(15-11-24)13-7-21-20(26)6-3-12-27-21/h1-6,12H,7-11,13-17H2. The van der Waals surface area contributed by atoms with Crippen molar-refractivity contribution in [2.75, 3.05) is 32.7 Å². The molecule has 0 bridgehead atoms. The minimum Gasteiger partial charge on any atom is -0.365 e. The van der Waals surface area contributed by atoms with Gasteiger partial charge in [-0.05, 0) is 49.9 Å². The van der Waals surface area contributed by atoms with Crippen LogP contribution in [-0.4, -0.2) is 64.6 Å². The van der Waals surface area contributed by atoms with E-state index in [1.54, 1.807) is 24.4 Å². The first-order valence-corrected chi connectivity index (χ1v) is 11.4. The van der Waals surface area contributed by atoms with Crippen molar-refractivity contribution in [2.24, 2.45) is 0 Å². The first-order chi connectivity index (χ1) is 15.0. The van der Waals surface area contributed by atoms with E-state index in [0.29, 0.717) is 35.8 Å². The zero-order valence-electron chi connectivity index (χ0n) is 17.5. The second kappa shape index (κ2) is 8.15. The molecule has 164 valence electrons. The predicted octanol–water partition coefficient (Wildman–Crippen LogP) is 3.96. The predicted molar refractivity (Wildman–Crippen MR) is 117 cm³/mol. The van der Waals surface area contributed by atoms with Gasteiger partial charge in [0.1, 0.15) is 5.82 Å². The minimum atomic E-state index is -0.307. The first kappa shape index (κ1) is 20.9. The normalized spacial score (nSPS) is 22.1. The summed E-state index contributed by atoms with van der Waals surface area (Å²) >= 11 is 6.30. The molecule has 0 radical (unpaired) electrons. The van der Waals surface area contributed by atoms with Crippen molar-refractivity contribution in [2.45, 2.75) is 43.3 Å². The van der Waals surface area contributed by atoms with Crippen LogP contribution < -0.4 is 0 Å². The maximum Gasteiger partial charge on any atom is 0.255 e. The van der Waals surface area contributed by atoms with E-state index >= 15 is 0 Å². The second-order valence-corrected chi connectivity index (χ2v) is 9.54. The molecule has 2 spiro atoms. The maximum atomic E-state index is 13.9. The van der Waals surface area contributed by atoms with E-state index in [9.17, 15) is 9.18 Å². The number of benzene rings is 1. The molecule has 2 aliphatic heterocycles. The van der Waals surface area contributed by atoms with Gasteiger partial charge in [-0.2, -0.15) is 0 Å². The fraction of sp³-hybridized carbons (Fsp3) is 0.500. The van der Waals surface area contributed by atoms with Gasteiger partial charge in [0.2, 0.25) is 0 Å². The number of carbonyl (C=O) groups is 1. The summed E-state index contributed by atoms with van der Waals surface area (Å²) in [5, 5.41) is 0.495. The van der Waals surface area contributed by atoms with Crippen LogP contribution in [0.5, 0.6) is 0 Å². The highest BCUT2D eigenvalue weighted by Crippen LogP contribution is 2.49. The summed E-state index contributed by atoms with van der Waals surface area (Å²) in [7, 11) is 0. The highest BCUT2D eigenvalue weighted by Gasteiger charge is 2.56. The molecule has 2 aromatic rings. The summed E-state index contributed by atoms with van der Waals surface area (Å²) < 4.78 is 20.5. The number of likely N-dealkylation sites (tertiary alicyclic amines) is 1. The lowest BCUT2D eigenvalue weighted by Gasteiger charge is -2.50.